The lowest BCUT2D eigenvalue weighted by Gasteiger charge is -2.10. The van der Waals surface area contributed by atoms with Gasteiger partial charge in [-0.2, -0.15) is 0 Å². The van der Waals surface area contributed by atoms with Crippen LogP contribution >= 0.6 is 11.6 Å². The lowest BCUT2D eigenvalue weighted by molar-refractivity contribution is 0.560. The van der Waals surface area contributed by atoms with Crippen molar-refractivity contribution in [1.82, 2.24) is 4.72 Å². The summed E-state index contributed by atoms with van der Waals surface area (Å²) in [7, 11) is -3.48. The highest BCUT2D eigenvalue weighted by Gasteiger charge is 2.15. The summed E-state index contributed by atoms with van der Waals surface area (Å²) in [6.07, 6.45) is 0. The molecule has 0 unspecified atom stereocenters. The molecule has 96 valence electrons. The molecule has 1 aromatic carbocycles. The van der Waals surface area contributed by atoms with Crippen molar-refractivity contribution >= 4 is 21.6 Å². The van der Waals surface area contributed by atoms with Gasteiger partial charge in [0.15, 0.2) is 0 Å². The van der Waals surface area contributed by atoms with Crippen molar-refractivity contribution in [3.63, 3.8) is 0 Å². The third kappa shape index (κ3) is 3.96. The third-order valence-corrected chi connectivity index (χ3v) is 4.01. The van der Waals surface area contributed by atoms with Gasteiger partial charge >= 0.3 is 0 Å². The average Bonchev–Trinajstić information content (AvgIpc) is 2.26. The first-order valence-electron chi connectivity index (χ1n) is 5.35. The smallest absolute Gasteiger partial charge is 0.240 e. The molecule has 0 saturated heterocycles. The summed E-state index contributed by atoms with van der Waals surface area (Å²) in [6.45, 7) is 4.57. The maximum atomic E-state index is 11.9. The van der Waals surface area contributed by atoms with Crippen LogP contribution in [-0.2, 0) is 16.6 Å². The van der Waals surface area contributed by atoms with Gasteiger partial charge in [0, 0.05) is 18.1 Å². The third-order valence-electron chi connectivity index (χ3n) is 2.24. The molecule has 0 amide bonds. The summed E-state index contributed by atoms with van der Waals surface area (Å²) in [5.74, 6) is 0.253. The Labute approximate surface area is 107 Å². The highest BCUT2D eigenvalue weighted by Crippen LogP contribution is 2.20. The standard InChI is InChI=1S/C11H17ClN2O2S/c1-8(2)7-14-17(15,16)10-4-3-9(6-13)11(12)5-10/h3-5,8,14H,6-7,13H2,1-2H3. The van der Waals surface area contributed by atoms with Crippen LogP contribution in [0.25, 0.3) is 0 Å². The summed E-state index contributed by atoms with van der Waals surface area (Å²) in [5.41, 5.74) is 6.19. The Hall–Kier alpha value is -0.620. The minimum absolute atomic E-state index is 0.167. The maximum Gasteiger partial charge on any atom is 0.240 e. The first kappa shape index (κ1) is 14.4. The molecule has 6 heteroatoms. The van der Waals surface area contributed by atoms with Gasteiger partial charge in [0.1, 0.15) is 0 Å². The van der Waals surface area contributed by atoms with E-state index in [2.05, 4.69) is 4.72 Å². The molecule has 0 fully saturated rings. The summed E-state index contributed by atoms with van der Waals surface area (Å²) >= 11 is 5.93. The van der Waals surface area contributed by atoms with Crippen LogP contribution in [-0.4, -0.2) is 15.0 Å². The quantitative estimate of drug-likeness (QED) is 0.860. The predicted octanol–water partition coefficient (Wildman–Crippen LogP) is 1.73. The Kier molecular flexibility index (Phi) is 4.94. The molecule has 1 rings (SSSR count). The Bertz CT molecular complexity index is 486. The van der Waals surface area contributed by atoms with Crippen LogP contribution in [0, 0.1) is 5.92 Å². The van der Waals surface area contributed by atoms with Crippen molar-refractivity contribution < 1.29 is 8.42 Å². The average molecular weight is 277 g/mol. The molecule has 0 heterocycles. The topological polar surface area (TPSA) is 72.2 Å². The Morgan fingerprint density at radius 3 is 2.53 bits per heavy atom. The molecule has 0 aliphatic heterocycles. The lowest BCUT2D eigenvalue weighted by Crippen LogP contribution is -2.27. The number of nitrogens with two attached hydrogens (primary N) is 1. The molecule has 0 saturated carbocycles. The van der Waals surface area contributed by atoms with Gasteiger partial charge in [-0.05, 0) is 23.6 Å². The van der Waals surface area contributed by atoms with Crippen LogP contribution < -0.4 is 10.5 Å². The molecule has 0 atom stereocenters. The zero-order chi connectivity index (χ0) is 13.1. The molecule has 0 radical (unpaired) electrons. The van der Waals surface area contributed by atoms with E-state index >= 15 is 0 Å². The van der Waals surface area contributed by atoms with Crippen molar-refractivity contribution in [2.75, 3.05) is 6.54 Å². The van der Waals surface area contributed by atoms with E-state index in [0.717, 1.165) is 5.56 Å². The van der Waals surface area contributed by atoms with Crippen LogP contribution in [0.15, 0.2) is 23.1 Å². The van der Waals surface area contributed by atoms with Gasteiger partial charge in [0.25, 0.3) is 0 Å². The molecule has 0 aliphatic carbocycles. The molecule has 0 bridgehead atoms. The molecule has 3 N–H and O–H groups in total. The van der Waals surface area contributed by atoms with Crippen LogP contribution in [0.4, 0.5) is 0 Å². The van der Waals surface area contributed by atoms with E-state index in [-0.39, 0.29) is 10.8 Å². The van der Waals surface area contributed by atoms with Crippen LogP contribution in [0.5, 0.6) is 0 Å². The van der Waals surface area contributed by atoms with E-state index in [1.165, 1.54) is 12.1 Å². The van der Waals surface area contributed by atoms with E-state index in [0.29, 0.717) is 18.1 Å². The van der Waals surface area contributed by atoms with Crippen LogP contribution in [0.2, 0.25) is 5.02 Å². The van der Waals surface area contributed by atoms with Crippen molar-refractivity contribution in [1.29, 1.82) is 0 Å². The van der Waals surface area contributed by atoms with E-state index in [1.54, 1.807) is 6.07 Å². The Balaban J connectivity index is 2.96. The zero-order valence-corrected chi connectivity index (χ0v) is 11.5. The van der Waals surface area contributed by atoms with E-state index < -0.39 is 10.0 Å². The number of hydrogen-bond acceptors (Lipinski definition) is 3. The fourth-order valence-electron chi connectivity index (χ4n) is 1.22. The van der Waals surface area contributed by atoms with Crippen LogP contribution in [0.1, 0.15) is 19.4 Å². The zero-order valence-electron chi connectivity index (χ0n) is 9.90. The number of benzene rings is 1. The maximum absolute atomic E-state index is 11.9. The monoisotopic (exact) mass is 276 g/mol. The van der Waals surface area contributed by atoms with Crippen molar-refractivity contribution in [3.8, 4) is 0 Å². The molecule has 4 nitrogen and oxygen atoms in total. The Morgan fingerprint density at radius 1 is 1.41 bits per heavy atom. The van der Waals surface area contributed by atoms with Gasteiger partial charge in [0.05, 0.1) is 4.90 Å². The summed E-state index contributed by atoms with van der Waals surface area (Å²) < 4.78 is 26.3. The minimum Gasteiger partial charge on any atom is -0.326 e. The fraction of sp³-hybridized carbons (Fsp3) is 0.455. The molecule has 0 aliphatic rings. The SMILES string of the molecule is CC(C)CNS(=O)(=O)c1ccc(CN)c(Cl)c1. The number of nitrogens with one attached hydrogen (secondary N) is 1. The van der Waals surface area contributed by atoms with E-state index in [9.17, 15) is 8.42 Å². The molecule has 0 aromatic heterocycles. The van der Waals surface area contributed by atoms with Gasteiger partial charge in [-0.15, -0.1) is 0 Å². The van der Waals surface area contributed by atoms with E-state index in [4.69, 9.17) is 17.3 Å². The van der Waals surface area contributed by atoms with Gasteiger partial charge in [-0.3, -0.25) is 0 Å². The molecule has 17 heavy (non-hydrogen) atoms. The normalized spacial score (nSPS) is 12.1. The molecule has 1 aromatic rings. The second kappa shape index (κ2) is 5.82. The molecule has 0 spiro atoms. The van der Waals surface area contributed by atoms with Gasteiger partial charge in [0.2, 0.25) is 10.0 Å². The Morgan fingerprint density at radius 2 is 2.06 bits per heavy atom. The first-order chi connectivity index (χ1) is 7.86. The largest absolute Gasteiger partial charge is 0.326 e. The number of hydrogen-bond donors (Lipinski definition) is 2. The van der Waals surface area contributed by atoms with Gasteiger partial charge in [-0.25, -0.2) is 13.1 Å². The number of rotatable bonds is 5. The summed E-state index contributed by atoms with van der Waals surface area (Å²) in [6, 6.07) is 4.56. The summed E-state index contributed by atoms with van der Waals surface area (Å²) in [5, 5.41) is 0.375. The van der Waals surface area contributed by atoms with E-state index in [1.807, 2.05) is 13.8 Å². The number of halogens is 1. The first-order valence-corrected chi connectivity index (χ1v) is 7.21. The molecular weight excluding hydrogens is 260 g/mol. The van der Waals surface area contributed by atoms with Crippen LogP contribution in [0.3, 0.4) is 0 Å². The molecular formula is C11H17ClN2O2S. The van der Waals surface area contributed by atoms with Crippen molar-refractivity contribution in [2.45, 2.75) is 25.3 Å². The van der Waals surface area contributed by atoms with Crippen molar-refractivity contribution in [3.05, 3.63) is 28.8 Å². The summed E-state index contributed by atoms with van der Waals surface area (Å²) in [4.78, 5) is 0.167. The highest BCUT2D eigenvalue weighted by molar-refractivity contribution is 7.89. The lowest BCUT2D eigenvalue weighted by atomic mass is 10.2. The fourth-order valence-corrected chi connectivity index (χ4v) is 2.78. The van der Waals surface area contributed by atoms with Gasteiger partial charge < -0.3 is 5.73 Å². The minimum atomic E-state index is -3.48. The second-order valence-corrected chi connectivity index (χ2v) is 6.38. The predicted molar refractivity (Wildman–Crippen MR) is 69.4 cm³/mol. The highest BCUT2D eigenvalue weighted by atomic mass is 35.5. The van der Waals surface area contributed by atoms with Crippen molar-refractivity contribution in [2.24, 2.45) is 11.7 Å². The number of sulfonamides is 1. The second-order valence-electron chi connectivity index (χ2n) is 4.20. The van der Waals surface area contributed by atoms with Gasteiger partial charge in [-0.1, -0.05) is 31.5 Å².